The summed E-state index contributed by atoms with van der Waals surface area (Å²) < 4.78 is 5.11. The van der Waals surface area contributed by atoms with Gasteiger partial charge in [-0.3, -0.25) is 4.79 Å². The van der Waals surface area contributed by atoms with Gasteiger partial charge in [0.1, 0.15) is 5.75 Å². The minimum absolute atomic E-state index is 0.0844. The van der Waals surface area contributed by atoms with Gasteiger partial charge in [0.25, 0.3) is 5.91 Å². The topological polar surface area (TPSA) is 50.4 Å². The van der Waals surface area contributed by atoms with E-state index in [2.05, 4.69) is 10.6 Å². The summed E-state index contributed by atoms with van der Waals surface area (Å²) in [6.45, 7) is 2.46. The number of aryl methyl sites for hydroxylation is 1. The molecule has 0 atom stereocenters. The fourth-order valence-electron chi connectivity index (χ4n) is 2.08. The standard InChI is InChI=1S/C17H20N2O2/c1-12-4-9-16(18-2)15(10-12)17(20)19-11-13-5-7-14(21-3)8-6-13/h4-10,18H,11H2,1-3H3,(H,19,20). The van der Waals surface area contributed by atoms with E-state index in [9.17, 15) is 4.79 Å². The van der Waals surface area contributed by atoms with Crippen LogP contribution in [0.2, 0.25) is 0 Å². The monoisotopic (exact) mass is 284 g/mol. The molecule has 1 amide bonds. The lowest BCUT2D eigenvalue weighted by molar-refractivity contribution is 0.0951. The zero-order valence-corrected chi connectivity index (χ0v) is 12.6. The predicted octanol–water partition coefficient (Wildman–Crippen LogP) is 2.98. The highest BCUT2D eigenvalue weighted by atomic mass is 16.5. The highest BCUT2D eigenvalue weighted by Crippen LogP contribution is 2.17. The summed E-state index contributed by atoms with van der Waals surface area (Å²) in [5.41, 5.74) is 3.57. The maximum Gasteiger partial charge on any atom is 0.253 e. The van der Waals surface area contributed by atoms with Crippen molar-refractivity contribution in [1.29, 1.82) is 0 Å². The Labute approximate surface area is 125 Å². The molecule has 0 aliphatic rings. The third-order valence-electron chi connectivity index (χ3n) is 3.30. The first-order valence-electron chi connectivity index (χ1n) is 6.83. The van der Waals surface area contributed by atoms with Crippen molar-refractivity contribution in [3.8, 4) is 5.75 Å². The molecule has 0 spiro atoms. The number of benzene rings is 2. The van der Waals surface area contributed by atoms with Gasteiger partial charge in [0.2, 0.25) is 0 Å². The van der Waals surface area contributed by atoms with E-state index in [0.717, 1.165) is 22.6 Å². The normalized spacial score (nSPS) is 10.0. The Morgan fingerprint density at radius 2 is 1.86 bits per heavy atom. The lowest BCUT2D eigenvalue weighted by atomic mass is 10.1. The van der Waals surface area contributed by atoms with Crippen LogP contribution in [0, 0.1) is 6.92 Å². The van der Waals surface area contributed by atoms with Crippen LogP contribution in [-0.2, 0) is 6.54 Å². The van der Waals surface area contributed by atoms with Gasteiger partial charge in [-0.25, -0.2) is 0 Å². The highest BCUT2D eigenvalue weighted by molar-refractivity contribution is 5.99. The lowest BCUT2D eigenvalue weighted by Gasteiger charge is -2.11. The number of carbonyl (C=O) groups excluding carboxylic acids is 1. The van der Waals surface area contributed by atoms with Crippen molar-refractivity contribution < 1.29 is 9.53 Å². The van der Waals surface area contributed by atoms with Gasteiger partial charge >= 0.3 is 0 Å². The Morgan fingerprint density at radius 1 is 1.14 bits per heavy atom. The molecule has 0 radical (unpaired) electrons. The molecule has 2 aromatic rings. The molecule has 2 rings (SSSR count). The molecule has 0 aromatic heterocycles. The number of nitrogens with one attached hydrogen (secondary N) is 2. The average molecular weight is 284 g/mol. The van der Waals surface area contributed by atoms with E-state index < -0.39 is 0 Å². The molecule has 0 saturated carbocycles. The summed E-state index contributed by atoms with van der Waals surface area (Å²) in [6.07, 6.45) is 0. The lowest BCUT2D eigenvalue weighted by Crippen LogP contribution is -2.23. The third kappa shape index (κ3) is 3.75. The maximum atomic E-state index is 12.3. The molecule has 0 saturated heterocycles. The molecule has 0 bridgehead atoms. The second kappa shape index (κ2) is 6.79. The zero-order chi connectivity index (χ0) is 15.2. The first-order valence-corrected chi connectivity index (χ1v) is 6.83. The zero-order valence-electron chi connectivity index (χ0n) is 12.6. The molecule has 4 nitrogen and oxygen atoms in total. The van der Waals surface area contributed by atoms with Crippen LogP contribution in [0.5, 0.6) is 5.75 Å². The van der Waals surface area contributed by atoms with E-state index in [1.54, 1.807) is 7.11 Å². The molecule has 0 heterocycles. The van der Waals surface area contributed by atoms with Crippen molar-refractivity contribution in [1.82, 2.24) is 5.32 Å². The largest absolute Gasteiger partial charge is 0.497 e. The second-order valence-corrected chi connectivity index (χ2v) is 4.83. The summed E-state index contributed by atoms with van der Waals surface area (Å²) in [5, 5.41) is 5.97. The molecule has 21 heavy (non-hydrogen) atoms. The second-order valence-electron chi connectivity index (χ2n) is 4.83. The van der Waals surface area contributed by atoms with E-state index in [1.807, 2.05) is 56.4 Å². The van der Waals surface area contributed by atoms with Crippen LogP contribution in [-0.4, -0.2) is 20.1 Å². The first kappa shape index (κ1) is 14.9. The van der Waals surface area contributed by atoms with Crippen molar-refractivity contribution >= 4 is 11.6 Å². The van der Waals surface area contributed by atoms with Gasteiger partial charge in [0.05, 0.1) is 12.7 Å². The van der Waals surface area contributed by atoms with Crippen molar-refractivity contribution in [2.24, 2.45) is 0 Å². The molecule has 110 valence electrons. The maximum absolute atomic E-state index is 12.3. The Kier molecular flexibility index (Phi) is 4.82. The number of anilines is 1. The molecular weight excluding hydrogens is 264 g/mol. The Morgan fingerprint density at radius 3 is 2.48 bits per heavy atom. The number of amides is 1. The van der Waals surface area contributed by atoms with E-state index in [1.165, 1.54) is 0 Å². The van der Waals surface area contributed by atoms with Crippen LogP contribution < -0.4 is 15.4 Å². The van der Waals surface area contributed by atoms with Gasteiger partial charge in [-0.05, 0) is 36.8 Å². The summed E-state index contributed by atoms with van der Waals surface area (Å²) in [7, 11) is 3.44. The predicted molar refractivity (Wildman–Crippen MR) is 84.9 cm³/mol. The minimum Gasteiger partial charge on any atom is -0.497 e. The van der Waals surface area contributed by atoms with Crippen LogP contribution in [0.15, 0.2) is 42.5 Å². The Balaban J connectivity index is 2.05. The van der Waals surface area contributed by atoms with Crippen molar-refractivity contribution in [3.05, 3.63) is 59.2 Å². The number of ether oxygens (including phenoxy) is 1. The van der Waals surface area contributed by atoms with Crippen molar-refractivity contribution in [3.63, 3.8) is 0 Å². The molecule has 4 heteroatoms. The minimum atomic E-state index is -0.0844. The number of methoxy groups -OCH3 is 1. The first-order chi connectivity index (χ1) is 10.1. The van der Waals surface area contributed by atoms with Gasteiger partial charge in [-0.2, -0.15) is 0 Å². The van der Waals surface area contributed by atoms with E-state index in [0.29, 0.717) is 12.1 Å². The van der Waals surface area contributed by atoms with E-state index in [4.69, 9.17) is 4.74 Å². The smallest absolute Gasteiger partial charge is 0.253 e. The third-order valence-corrected chi connectivity index (χ3v) is 3.30. The molecular formula is C17H20N2O2. The quantitative estimate of drug-likeness (QED) is 0.887. The van der Waals surface area contributed by atoms with Crippen molar-refractivity contribution in [2.45, 2.75) is 13.5 Å². The highest BCUT2D eigenvalue weighted by Gasteiger charge is 2.10. The molecule has 0 fully saturated rings. The summed E-state index contributed by atoms with van der Waals surface area (Å²) in [6, 6.07) is 13.4. The molecule has 0 unspecified atom stereocenters. The molecule has 2 N–H and O–H groups in total. The van der Waals surface area contributed by atoms with Crippen LogP contribution >= 0.6 is 0 Å². The molecule has 2 aromatic carbocycles. The summed E-state index contributed by atoms with van der Waals surface area (Å²) in [4.78, 5) is 12.3. The summed E-state index contributed by atoms with van der Waals surface area (Å²) in [5.74, 6) is 0.722. The van der Waals surface area contributed by atoms with Gasteiger partial charge in [-0.15, -0.1) is 0 Å². The van der Waals surface area contributed by atoms with Gasteiger partial charge < -0.3 is 15.4 Å². The number of carbonyl (C=O) groups is 1. The van der Waals surface area contributed by atoms with Gasteiger partial charge in [0.15, 0.2) is 0 Å². The van der Waals surface area contributed by atoms with Crippen LogP contribution in [0.3, 0.4) is 0 Å². The SMILES string of the molecule is CNc1ccc(C)cc1C(=O)NCc1ccc(OC)cc1. The molecule has 0 aliphatic carbocycles. The van der Waals surface area contributed by atoms with Gasteiger partial charge in [0, 0.05) is 19.3 Å². The van der Waals surface area contributed by atoms with E-state index in [-0.39, 0.29) is 5.91 Å². The molecule has 0 aliphatic heterocycles. The van der Waals surface area contributed by atoms with Crippen LogP contribution in [0.25, 0.3) is 0 Å². The fourth-order valence-corrected chi connectivity index (χ4v) is 2.08. The summed E-state index contributed by atoms with van der Waals surface area (Å²) >= 11 is 0. The van der Waals surface area contributed by atoms with Crippen molar-refractivity contribution in [2.75, 3.05) is 19.5 Å². The Bertz CT molecular complexity index is 621. The number of rotatable bonds is 5. The van der Waals surface area contributed by atoms with Crippen LogP contribution in [0.1, 0.15) is 21.5 Å². The van der Waals surface area contributed by atoms with Crippen LogP contribution in [0.4, 0.5) is 5.69 Å². The Hall–Kier alpha value is -2.49. The number of hydrogen-bond donors (Lipinski definition) is 2. The number of hydrogen-bond acceptors (Lipinski definition) is 3. The van der Waals surface area contributed by atoms with E-state index >= 15 is 0 Å². The fraction of sp³-hybridized carbons (Fsp3) is 0.235. The van der Waals surface area contributed by atoms with Gasteiger partial charge in [-0.1, -0.05) is 23.8 Å². The average Bonchev–Trinajstić information content (AvgIpc) is 2.53.